The number of anilines is 1. The molecule has 1 rings (SSSR count). The Morgan fingerprint density at radius 2 is 2.25 bits per heavy atom. The zero-order valence-corrected chi connectivity index (χ0v) is 9.36. The number of carbonyl (C=O) groups is 1. The molecular weight excluding hydrogens is 204 g/mol. The molecule has 0 aliphatic rings. The molecule has 0 aromatic heterocycles. The van der Waals surface area contributed by atoms with Crippen LogP contribution in [0.3, 0.4) is 0 Å². The molecule has 0 radical (unpaired) electrons. The van der Waals surface area contributed by atoms with Crippen molar-refractivity contribution in [2.75, 3.05) is 5.32 Å². The van der Waals surface area contributed by atoms with Gasteiger partial charge in [-0.15, -0.1) is 0 Å². The standard InChI is InChI=1S/C12H14N2O2/c1-3-9(2)16-12(15)14-11-7-5-4-6-10(11)8-13/h4-7,9H,3H2,1-2H3,(H,14,15). The van der Waals surface area contributed by atoms with Crippen LogP contribution in [0.25, 0.3) is 0 Å². The summed E-state index contributed by atoms with van der Waals surface area (Å²) < 4.78 is 5.04. The van der Waals surface area contributed by atoms with E-state index in [1.165, 1.54) is 0 Å². The van der Waals surface area contributed by atoms with Gasteiger partial charge in [-0.1, -0.05) is 19.1 Å². The zero-order valence-electron chi connectivity index (χ0n) is 9.36. The van der Waals surface area contributed by atoms with Gasteiger partial charge in [-0.05, 0) is 25.5 Å². The minimum absolute atomic E-state index is 0.130. The molecule has 1 N–H and O–H groups in total. The molecule has 1 aromatic carbocycles. The van der Waals surface area contributed by atoms with Gasteiger partial charge in [0.25, 0.3) is 0 Å². The maximum Gasteiger partial charge on any atom is 0.411 e. The van der Waals surface area contributed by atoms with E-state index in [0.29, 0.717) is 11.3 Å². The minimum atomic E-state index is -0.531. The predicted octanol–water partition coefficient (Wildman–Crippen LogP) is 2.91. The third-order valence-corrected chi connectivity index (χ3v) is 2.17. The molecule has 0 aliphatic heterocycles. The molecular formula is C12H14N2O2. The Hall–Kier alpha value is -2.02. The van der Waals surface area contributed by atoms with Gasteiger partial charge in [0.1, 0.15) is 12.2 Å². The van der Waals surface area contributed by atoms with Gasteiger partial charge in [0.2, 0.25) is 0 Å². The van der Waals surface area contributed by atoms with E-state index in [1.807, 2.05) is 19.9 Å². The second kappa shape index (κ2) is 5.76. The van der Waals surface area contributed by atoms with Crippen molar-refractivity contribution in [3.63, 3.8) is 0 Å². The summed E-state index contributed by atoms with van der Waals surface area (Å²) in [4.78, 5) is 11.4. The summed E-state index contributed by atoms with van der Waals surface area (Å²) in [6, 6.07) is 8.79. The largest absolute Gasteiger partial charge is 0.446 e. The third-order valence-electron chi connectivity index (χ3n) is 2.17. The number of benzene rings is 1. The van der Waals surface area contributed by atoms with Gasteiger partial charge in [-0.25, -0.2) is 4.79 Å². The third kappa shape index (κ3) is 3.28. The SMILES string of the molecule is CCC(C)OC(=O)Nc1ccccc1C#N. The molecule has 4 nitrogen and oxygen atoms in total. The molecule has 0 spiro atoms. The molecule has 1 aromatic rings. The van der Waals surface area contributed by atoms with Crippen molar-refractivity contribution in [3.8, 4) is 6.07 Å². The molecule has 1 unspecified atom stereocenters. The van der Waals surface area contributed by atoms with Crippen LogP contribution >= 0.6 is 0 Å². The van der Waals surface area contributed by atoms with Crippen LogP contribution in [0.4, 0.5) is 10.5 Å². The lowest BCUT2D eigenvalue weighted by molar-refractivity contribution is 0.118. The number of nitrogens with zero attached hydrogens (tertiary/aromatic N) is 1. The second-order valence-corrected chi connectivity index (χ2v) is 3.41. The van der Waals surface area contributed by atoms with Crippen LogP contribution in [0, 0.1) is 11.3 Å². The molecule has 0 heterocycles. The number of ether oxygens (including phenoxy) is 1. The highest BCUT2D eigenvalue weighted by molar-refractivity contribution is 5.86. The van der Waals surface area contributed by atoms with Gasteiger partial charge in [0.15, 0.2) is 0 Å². The van der Waals surface area contributed by atoms with Crippen molar-refractivity contribution < 1.29 is 9.53 Å². The van der Waals surface area contributed by atoms with Crippen molar-refractivity contribution in [1.29, 1.82) is 5.26 Å². The van der Waals surface area contributed by atoms with E-state index >= 15 is 0 Å². The van der Waals surface area contributed by atoms with Gasteiger partial charge in [0.05, 0.1) is 11.3 Å². The fourth-order valence-corrected chi connectivity index (χ4v) is 1.10. The average Bonchev–Trinajstić information content (AvgIpc) is 2.29. The Balaban J connectivity index is 2.67. The molecule has 0 saturated heterocycles. The summed E-state index contributed by atoms with van der Waals surface area (Å²) in [6.45, 7) is 3.75. The highest BCUT2D eigenvalue weighted by Crippen LogP contribution is 2.14. The molecule has 1 atom stereocenters. The van der Waals surface area contributed by atoms with Gasteiger partial charge >= 0.3 is 6.09 Å². The number of carbonyl (C=O) groups excluding carboxylic acids is 1. The number of nitrogens with one attached hydrogen (secondary N) is 1. The van der Waals surface area contributed by atoms with Crippen LogP contribution < -0.4 is 5.32 Å². The van der Waals surface area contributed by atoms with Crippen LogP contribution in [0.5, 0.6) is 0 Å². The summed E-state index contributed by atoms with van der Waals surface area (Å²) in [6.07, 6.45) is 0.0964. The second-order valence-electron chi connectivity index (χ2n) is 3.41. The van der Waals surface area contributed by atoms with Crippen molar-refractivity contribution in [2.45, 2.75) is 26.4 Å². The Kier molecular flexibility index (Phi) is 4.34. The van der Waals surface area contributed by atoms with E-state index in [-0.39, 0.29) is 6.10 Å². The molecule has 0 fully saturated rings. The Labute approximate surface area is 94.8 Å². The molecule has 16 heavy (non-hydrogen) atoms. The van der Waals surface area contributed by atoms with Gasteiger partial charge < -0.3 is 4.74 Å². The van der Waals surface area contributed by atoms with Gasteiger partial charge in [0, 0.05) is 0 Å². The number of hydrogen-bond donors (Lipinski definition) is 1. The Bertz CT molecular complexity index is 410. The van der Waals surface area contributed by atoms with E-state index in [4.69, 9.17) is 10.00 Å². The summed E-state index contributed by atoms with van der Waals surface area (Å²) in [5.74, 6) is 0. The van der Waals surface area contributed by atoms with Crippen LogP contribution in [-0.2, 0) is 4.74 Å². The fraction of sp³-hybridized carbons (Fsp3) is 0.333. The summed E-state index contributed by atoms with van der Waals surface area (Å²) in [5, 5.41) is 11.4. The fourth-order valence-electron chi connectivity index (χ4n) is 1.10. The maximum atomic E-state index is 11.4. The Morgan fingerprint density at radius 3 is 2.88 bits per heavy atom. The van der Waals surface area contributed by atoms with Crippen molar-refractivity contribution in [3.05, 3.63) is 29.8 Å². The lowest BCUT2D eigenvalue weighted by Gasteiger charge is -2.12. The van der Waals surface area contributed by atoms with E-state index in [9.17, 15) is 4.79 Å². The van der Waals surface area contributed by atoms with Crippen LogP contribution in [-0.4, -0.2) is 12.2 Å². The van der Waals surface area contributed by atoms with E-state index in [2.05, 4.69) is 5.32 Å². The average molecular weight is 218 g/mol. The number of nitriles is 1. The van der Waals surface area contributed by atoms with Gasteiger partial charge in [-0.2, -0.15) is 5.26 Å². The normalized spacial score (nSPS) is 11.3. The first-order valence-corrected chi connectivity index (χ1v) is 5.14. The van der Waals surface area contributed by atoms with Gasteiger partial charge in [-0.3, -0.25) is 5.32 Å². The lowest BCUT2D eigenvalue weighted by atomic mass is 10.2. The molecule has 84 valence electrons. The highest BCUT2D eigenvalue weighted by atomic mass is 16.6. The molecule has 1 amide bonds. The number of rotatable bonds is 3. The number of amides is 1. The molecule has 4 heteroatoms. The van der Waals surface area contributed by atoms with Crippen LogP contribution in [0.15, 0.2) is 24.3 Å². The first kappa shape index (κ1) is 12.1. The maximum absolute atomic E-state index is 11.4. The van der Waals surface area contributed by atoms with Crippen LogP contribution in [0.1, 0.15) is 25.8 Å². The number of para-hydroxylation sites is 1. The predicted molar refractivity (Wildman–Crippen MR) is 61.0 cm³/mol. The minimum Gasteiger partial charge on any atom is -0.446 e. The van der Waals surface area contributed by atoms with E-state index in [1.54, 1.807) is 24.3 Å². The summed E-state index contributed by atoms with van der Waals surface area (Å²) >= 11 is 0. The van der Waals surface area contributed by atoms with Crippen molar-refractivity contribution in [2.24, 2.45) is 0 Å². The number of hydrogen-bond acceptors (Lipinski definition) is 3. The smallest absolute Gasteiger partial charge is 0.411 e. The molecule has 0 aliphatic carbocycles. The first-order chi connectivity index (χ1) is 7.67. The molecule has 0 saturated carbocycles. The highest BCUT2D eigenvalue weighted by Gasteiger charge is 2.09. The van der Waals surface area contributed by atoms with Crippen molar-refractivity contribution in [1.82, 2.24) is 0 Å². The monoisotopic (exact) mass is 218 g/mol. The zero-order chi connectivity index (χ0) is 12.0. The molecule has 0 bridgehead atoms. The summed E-state index contributed by atoms with van der Waals surface area (Å²) in [5.41, 5.74) is 0.891. The summed E-state index contributed by atoms with van der Waals surface area (Å²) in [7, 11) is 0. The van der Waals surface area contributed by atoms with Crippen molar-refractivity contribution >= 4 is 11.8 Å². The first-order valence-electron chi connectivity index (χ1n) is 5.14. The quantitative estimate of drug-likeness (QED) is 0.848. The Morgan fingerprint density at radius 1 is 1.56 bits per heavy atom. The lowest BCUT2D eigenvalue weighted by Crippen LogP contribution is -2.20. The van der Waals surface area contributed by atoms with E-state index in [0.717, 1.165) is 6.42 Å². The topological polar surface area (TPSA) is 62.1 Å². The van der Waals surface area contributed by atoms with Crippen LogP contribution in [0.2, 0.25) is 0 Å². The van der Waals surface area contributed by atoms with E-state index < -0.39 is 6.09 Å².